The molecular weight excluding hydrogens is 318 g/mol. The number of oxazole rings is 1. The number of aromatic nitrogens is 1. The zero-order chi connectivity index (χ0) is 17.4. The van der Waals surface area contributed by atoms with Crippen LogP contribution in [0.4, 0.5) is 0 Å². The summed E-state index contributed by atoms with van der Waals surface area (Å²) in [6, 6.07) is 9.78. The van der Waals surface area contributed by atoms with Gasteiger partial charge in [0.2, 0.25) is 17.7 Å². The molecule has 1 atom stereocenters. The minimum Gasteiger partial charge on any atom is -0.441 e. The molecule has 2 aliphatic rings. The van der Waals surface area contributed by atoms with E-state index in [1.165, 1.54) is 0 Å². The van der Waals surface area contributed by atoms with Crippen LogP contribution in [-0.2, 0) is 22.6 Å². The average molecular weight is 339 g/mol. The zero-order valence-electron chi connectivity index (χ0n) is 14.3. The normalized spacial score (nSPS) is 20.0. The number of nitrogens with zero attached hydrogens (tertiary/aromatic N) is 3. The van der Waals surface area contributed by atoms with E-state index in [0.717, 1.165) is 17.0 Å². The Morgan fingerprint density at radius 3 is 2.84 bits per heavy atom. The fourth-order valence-electron chi connectivity index (χ4n) is 3.59. The maximum atomic E-state index is 12.8. The molecule has 0 saturated carbocycles. The summed E-state index contributed by atoms with van der Waals surface area (Å²) < 4.78 is 5.89. The molecule has 1 fully saturated rings. The van der Waals surface area contributed by atoms with Crippen LogP contribution in [0.2, 0.25) is 0 Å². The van der Waals surface area contributed by atoms with Crippen molar-refractivity contribution in [1.82, 2.24) is 14.8 Å². The van der Waals surface area contributed by atoms with Gasteiger partial charge in [-0.3, -0.25) is 9.59 Å². The predicted molar refractivity (Wildman–Crippen MR) is 91.4 cm³/mol. The topological polar surface area (TPSA) is 66.7 Å². The summed E-state index contributed by atoms with van der Waals surface area (Å²) in [5, 5.41) is 0. The van der Waals surface area contributed by atoms with Gasteiger partial charge >= 0.3 is 0 Å². The van der Waals surface area contributed by atoms with Crippen molar-refractivity contribution in [3.05, 3.63) is 41.8 Å². The molecule has 1 saturated heterocycles. The highest BCUT2D eigenvalue weighted by molar-refractivity contribution is 5.89. The van der Waals surface area contributed by atoms with Gasteiger partial charge in [0.1, 0.15) is 11.5 Å². The first-order chi connectivity index (χ1) is 12.2. The molecule has 6 nitrogen and oxygen atoms in total. The lowest BCUT2D eigenvalue weighted by Gasteiger charge is -2.27. The van der Waals surface area contributed by atoms with Crippen molar-refractivity contribution in [1.29, 1.82) is 0 Å². The standard InChI is InChI=1S/C19H21N3O3/c1-2-21-11-14(10-17(21)23)19(24)22-9-8-16-15(12-22)20-18(25-16)13-6-4-3-5-7-13/h3-7,14H,2,8-12H2,1H3. The van der Waals surface area contributed by atoms with E-state index in [2.05, 4.69) is 4.98 Å². The molecule has 0 aliphatic carbocycles. The summed E-state index contributed by atoms with van der Waals surface area (Å²) in [4.78, 5) is 32.8. The fourth-order valence-corrected chi connectivity index (χ4v) is 3.59. The van der Waals surface area contributed by atoms with E-state index >= 15 is 0 Å². The fraction of sp³-hybridized carbons (Fsp3) is 0.421. The lowest BCUT2D eigenvalue weighted by Crippen LogP contribution is -2.40. The number of likely N-dealkylation sites (tertiary alicyclic amines) is 1. The third-order valence-electron chi connectivity index (χ3n) is 5.01. The highest BCUT2D eigenvalue weighted by Gasteiger charge is 2.37. The second-order valence-corrected chi connectivity index (χ2v) is 6.60. The maximum Gasteiger partial charge on any atom is 0.228 e. The van der Waals surface area contributed by atoms with Crippen LogP contribution < -0.4 is 0 Å². The Morgan fingerprint density at radius 2 is 2.12 bits per heavy atom. The lowest BCUT2D eigenvalue weighted by atomic mass is 10.0. The summed E-state index contributed by atoms with van der Waals surface area (Å²) in [5.74, 6) is 1.37. The van der Waals surface area contributed by atoms with Crippen molar-refractivity contribution in [2.75, 3.05) is 19.6 Å². The summed E-state index contributed by atoms with van der Waals surface area (Å²) >= 11 is 0. The maximum absolute atomic E-state index is 12.8. The van der Waals surface area contributed by atoms with Gasteiger partial charge in [-0.25, -0.2) is 4.98 Å². The molecule has 4 rings (SSSR count). The molecule has 0 spiro atoms. The Morgan fingerprint density at radius 1 is 1.32 bits per heavy atom. The number of benzene rings is 1. The SMILES string of the molecule is CCN1CC(C(=O)N2CCc3oc(-c4ccccc4)nc3C2)CC1=O. The molecule has 0 radical (unpaired) electrons. The van der Waals surface area contributed by atoms with Gasteiger partial charge in [0, 0.05) is 38.0 Å². The molecule has 25 heavy (non-hydrogen) atoms. The first-order valence-electron chi connectivity index (χ1n) is 8.76. The smallest absolute Gasteiger partial charge is 0.228 e. The van der Waals surface area contributed by atoms with Gasteiger partial charge in [0.25, 0.3) is 0 Å². The van der Waals surface area contributed by atoms with Crippen LogP contribution in [0.1, 0.15) is 24.8 Å². The van der Waals surface area contributed by atoms with E-state index < -0.39 is 0 Å². The Hall–Kier alpha value is -2.63. The molecule has 6 heteroatoms. The van der Waals surface area contributed by atoms with Gasteiger partial charge in [-0.05, 0) is 19.1 Å². The van der Waals surface area contributed by atoms with Crippen LogP contribution >= 0.6 is 0 Å². The third-order valence-corrected chi connectivity index (χ3v) is 5.01. The van der Waals surface area contributed by atoms with Crippen LogP contribution in [0.25, 0.3) is 11.5 Å². The Balaban J connectivity index is 1.49. The van der Waals surface area contributed by atoms with E-state index in [-0.39, 0.29) is 17.7 Å². The van der Waals surface area contributed by atoms with Gasteiger partial charge in [-0.15, -0.1) is 0 Å². The summed E-state index contributed by atoms with van der Waals surface area (Å²) in [6.45, 7) is 4.22. The number of rotatable bonds is 3. The van der Waals surface area contributed by atoms with Crippen molar-refractivity contribution >= 4 is 11.8 Å². The first-order valence-corrected chi connectivity index (χ1v) is 8.76. The number of fused-ring (bicyclic) bond motifs is 1. The first kappa shape index (κ1) is 15.9. The molecular formula is C19H21N3O3. The second kappa shape index (κ2) is 6.35. The molecule has 3 heterocycles. The van der Waals surface area contributed by atoms with E-state index in [1.807, 2.05) is 42.2 Å². The van der Waals surface area contributed by atoms with Gasteiger partial charge in [-0.1, -0.05) is 18.2 Å². The molecule has 2 amide bonds. The molecule has 130 valence electrons. The van der Waals surface area contributed by atoms with Crippen LogP contribution in [-0.4, -0.2) is 46.2 Å². The van der Waals surface area contributed by atoms with Crippen LogP contribution in [0.3, 0.4) is 0 Å². The number of carbonyl (C=O) groups excluding carboxylic acids is 2. The van der Waals surface area contributed by atoms with Gasteiger partial charge in [0.05, 0.1) is 12.5 Å². The Bertz CT molecular complexity index is 800. The summed E-state index contributed by atoms with van der Waals surface area (Å²) in [5.41, 5.74) is 1.77. The Labute approximate surface area is 146 Å². The number of hydrogen-bond donors (Lipinski definition) is 0. The van der Waals surface area contributed by atoms with Crippen molar-refractivity contribution in [3.8, 4) is 11.5 Å². The van der Waals surface area contributed by atoms with Crippen molar-refractivity contribution in [3.63, 3.8) is 0 Å². The molecule has 2 aromatic rings. The lowest BCUT2D eigenvalue weighted by molar-refractivity contribution is -0.136. The molecule has 0 bridgehead atoms. The minimum atomic E-state index is -0.227. The zero-order valence-corrected chi connectivity index (χ0v) is 14.3. The van der Waals surface area contributed by atoms with Crippen molar-refractivity contribution in [2.24, 2.45) is 5.92 Å². The molecule has 1 aromatic carbocycles. The highest BCUT2D eigenvalue weighted by atomic mass is 16.4. The largest absolute Gasteiger partial charge is 0.441 e. The number of hydrogen-bond acceptors (Lipinski definition) is 4. The number of amides is 2. The van der Waals surface area contributed by atoms with Crippen LogP contribution in [0.15, 0.2) is 34.7 Å². The minimum absolute atomic E-state index is 0.0548. The third kappa shape index (κ3) is 2.92. The van der Waals surface area contributed by atoms with Crippen LogP contribution in [0, 0.1) is 5.92 Å². The average Bonchev–Trinajstić information content (AvgIpc) is 3.24. The van der Waals surface area contributed by atoms with E-state index in [9.17, 15) is 9.59 Å². The molecule has 1 unspecified atom stereocenters. The number of carbonyl (C=O) groups is 2. The van der Waals surface area contributed by atoms with Gasteiger partial charge < -0.3 is 14.2 Å². The van der Waals surface area contributed by atoms with Gasteiger partial charge in [0.15, 0.2) is 0 Å². The summed E-state index contributed by atoms with van der Waals surface area (Å²) in [6.07, 6.45) is 0.989. The van der Waals surface area contributed by atoms with Gasteiger partial charge in [-0.2, -0.15) is 0 Å². The van der Waals surface area contributed by atoms with Crippen molar-refractivity contribution < 1.29 is 14.0 Å². The Kier molecular flexibility index (Phi) is 4.03. The molecule has 1 aromatic heterocycles. The van der Waals surface area contributed by atoms with E-state index in [4.69, 9.17) is 4.42 Å². The van der Waals surface area contributed by atoms with E-state index in [1.54, 1.807) is 4.90 Å². The highest BCUT2D eigenvalue weighted by Crippen LogP contribution is 2.28. The molecule has 0 N–H and O–H groups in total. The predicted octanol–water partition coefficient (Wildman–Crippen LogP) is 2.09. The quantitative estimate of drug-likeness (QED) is 0.859. The van der Waals surface area contributed by atoms with Crippen LogP contribution in [0.5, 0.6) is 0 Å². The monoisotopic (exact) mass is 339 g/mol. The van der Waals surface area contributed by atoms with E-state index in [0.29, 0.717) is 44.9 Å². The molecule has 2 aliphatic heterocycles. The van der Waals surface area contributed by atoms with Crippen molar-refractivity contribution in [2.45, 2.75) is 26.3 Å². The second-order valence-electron chi connectivity index (χ2n) is 6.60. The summed E-state index contributed by atoms with van der Waals surface area (Å²) in [7, 11) is 0.